The van der Waals surface area contributed by atoms with Gasteiger partial charge in [0.05, 0.1) is 4.92 Å². The van der Waals surface area contributed by atoms with Crippen LogP contribution in [-0.4, -0.2) is 33.3 Å². The van der Waals surface area contributed by atoms with Gasteiger partial charge in [0.15, 0.2) is 5.11 Å². The molecule has 2 aromatic rings. The first-order valence-electron chi connectivity index (χ1n) is 8.85. The molecule has 0 unspecified atom stereocenters. The fraction of sp³-hybridized carbons (Fsp3) is 0.0952. The Labute approximate surface area is 177 Å². The van der Waals surface area contributed by atoms with Gasteiger partial charge < -0.3 is 4.74 Å². The molecule has 2 aromatic carbocycles. The molecule has 0 spiro atoms. The molecule has 0 atom stereocenters. The van der Waals surface area contributed by atoms with E-state index < -0.39 is 16.7 Å². The number of thiocarbonyl (C=S) groups is 1. The van der Waals surface area contributed by atoms with Gasteiger partial charge in [0.25, 0.3) is 17.5 Å². The third kappa shape index (κ3) is 4.58. The molecule has 1 heterocycles. The zero-order chi connectivity index (χ0) is 21.7. The van der Waals surface area contributed by atoms with Gasteiger partial charge >= 0.3 is 0 Å². The lowest BCUT2D eigenvalue weighted by Crippen LogP contribution is -2.53. The predicted octanol–water partition coefficient (Wildman–Crippen LogP) is 2.99. The standard InChI is InChI=1S/C21H17N3O5S/c1-2-10-23-20(26)17(19(25)22-21(23)30)12-15-7-3-4-9-18(15)29-13-14-6-5-8-16(11-14)24(27)28/h2-9,11-12H,1,10,13H2,(H,22,25,30). The van der Waals surface area contributed by atoms with Crippen LogP contribution < -0.4 is 10.1 Å². The van der Waals surface area contributed by atoms with Crippen molar-refractivity contribution < 1.29 is 19.2 Å². The molecule has 0 aliphatic carbocycles. The van der Waals surface area contributed by atoms with Gasteiger partial charge in [-0.2, -0.15) is 0 Å². The quantitative estimate of drug-likeness (QED) is 0.183. The molecular formula is C21H17N3O5S. The summed E-state index contributed by atoms with van der Waals surface area (Å²) in [6.45, 7) is 3.83. The molecule has 0 bridgehead atoms. The molecule has 1 aliphatic rings. The molecule has 0 radical (unpaired) electrons. The molecule has 1 fully saturated rings. The van der Waals surface area contributed by atoms with Crippen LogP contribution in [0, 0.1) is 10.1 Å². The van der Waals surface area contributed by atoms with Crippen LogP contribution in [0.25, 0.3) is 6.08 Å². The van der Waals surface area contributed by atoms with Crippen molar-refractivity contribution in [2.24, 2.45) is 0 Å². The Morgan fingerprint density at radius 2 is 1.97 bits per heavy atom. The second-order valence-electron chi connectivity index (χ2n) is 6.28. The number of carbonyl (C=O) groups is 2. The highest BCUT2D eigenvalue weighted by atomic mass is 32.1. The van der Waals surface area contributed by atoms with Gasteiger partial charge in [-0.3, -0.25) is 29.9 Å². The Morgan fingerprint density at radius 1 is 1.20 bits per heavy atom. The largest absolute Gasteiger partial charge is 0.488 e. The number of hydrogen-bond donors (Lipinski definition) is 1. The van der Waals surface area contributed by atoms with Crippen LogP contribution in [0.5, 0.6) is 5.75 Å². The van der Waals surface area contributed by atoms with Crippen LogP contribution in [-0.2, 0) is 16.2 Å². The summed E-state index contributed by atoms with van der Waals surface area (Å²) in [6.07, 6.45) is 2.94. The SMILES string of the molecule is C=CCN1C(=O)C(=Cc2ccccc2OCc2cccc([N+](=O)[O-])c2)C(=O)NC1=S. The molecule has 2 amide bonds. The number of nitro benzene ring substituents is 1. The minimum absolute atomic E-state index is 0.0252. The highest BCUT2D eigenvalue weighted by molar-refractivity contribution is 7.80. The fourth-order valence-electron chi connectivity index (χ4n) is 2.80. The first-order chi connectivity index (χ1) is 14.4. The van der Waals surface area contributed by atoms with Gasteiger partial charge in [0.1, 0.15) is 17.9 Å². The maximum atomic E-state index is 12.7. The lowest BCUT2D eigenvalue weighted by Gasteiger charge is -2.27. The lowest BCUT2D eigenvalue weighted by molar-refractivity contribution is -0.384. The normalized spacial score (nSPS) is 15.1. The number of para-hydroxylation sites is 1. The van der Waals surface area contributed by atoms with Crippen molar-refractivity contribution in [3.05, 3.63) is 88.0 Å². The third-order valence-corrected chi connectivity index (χ3v) is 4.55. The number of non-ortho nitro benzene ring substituents is 1. The van der Waals surface area contributed by atoms with Crippen LogP contribution in [0.1, 0.15) is 11.1 Å². The Kier molecular flexibility index (Phi) is 6.33. The molecule has 9 heteroatoms. The van der Waals surface area contributed by atoms with Crippen LogP contribution in [0.3, 0.4) is 0 Å². The zero-order valence-electron chi connectivity index (χ0n) is 15.7. The molecule has 30 heavy (non-hydrogen) atoms. The van der Waals surface area contributed by atoms with Crippen molar-refractivity contribution in [3.8, 4) is 5.75 Å². The Hall–Kier alpha value is -3.85. The number of rotatable bonds is 7. The van der Waals surface area contributed by atoms with Gasteiger partial charge in [0.2, 0.25) is 0 Å². The Bertz CT molecular complexity index is 1080. The summed E-state index contributed by atoms with van der Waals surface area (Å²) in [5.74, 6) is -0.712. The number of carbonyl (C=O) groups excluding carboxylic acids is 2. The summed E-state index contributed by atoms with van der Waals surface area (Å²) in [6, 6.07) is 13.0. The van der Waals surface area contributed by atoms with Crippen molar-refractivity contribution in [2.45, 2.75) is 6.61 Å². The van der Waals surface area contributed by atoms with Crippen molar-refractivity contribution >= 4 is 40.9 Å². The number of benzene rings is 2. The zero-order valence-corrected chi connectivity index (χ0v) is 16.6. The van der Waals surface area contributed by atoms with E-state index >= 15 is 0 Å². The van der Waals surface area contributed by atoms with E-state index in [-0.39, 0.29) is 29.5 Å². The van der Waals surface area contributed by atoms with Gasteiger partial charge in [-0.05, 0) is 29.9 Å². The first kappa shape index (κ1) is 20.9. The van der Waals surface area contributed by atoms with Crippen molar-refractivity contribution in [3.63, 3.8) is 0 Å². The average molecular weight is 423 g/mol. The number of ether oxygens (including phenoxy) is 1. The Morgan fingerprint density at radius 3 is 2.70 bits per heavy atom. The second kappa shape index (κ2) is 9.10. The summed E-state index contributed by atoms with van der Waals surface area (Å²) in [7, 11) is 0. The van der Waals surface area contributed by atoms with E-state index in [9.17, 15) is 19.7 Å². The minimum Gasteiger partial charge on any atom is -0.488 e. The maximum Gasteiger partial charge on any atom is 0.269 e. The summed E-state index contributed by atoms with van der Waals surface area (Å²) in [5.41, 5.74) is 1.000. The molecule has 0 aromatic heterocycles. The highest BCUT2D eigenvalue weighted by Crippen LogP contribution is 2.24. The van der Waals surface area contributed by atoms with Crippen LogP contribution in [0.4, 0.5) is 5.69 Å². The number of hydrogen-bond acceptors (Lipinski definition) is 6. The van der Waals surface area contributed by atoms with Crippen LogP contribution in [0.15, 0.2) is 66.8 Å². The van der Waals surface area contributed by atoms with Gasteiger partial charge in [-0.15, -0.1) is 6.58 Å². The van der Waals surface area contributed by atoms with Crippen molar-refractivity contribution in [1.82, 2.24) is 10.2 Å². The van der Waals surface area contributed by atoms with Crippen LogP contribution >= 0.6 is 12.2 Å². The molecule has 1 saturated heterocycles. The van der Waals surface area contributed by atoms with E-state index in [1.54, 1.807) is 36.4 Å². The van der Waals surface area contributed by atoms with E-state index in [2.05, 4.69) is 11.9 Å². The second-order valence-corrected chi connectivity index (χ2v) is 6.66. The number of amides is 2. The number of nitrogens with zero attached hydrogens (tertiary/aromatic N) is 2. The predicted molar refractivity (Wildman–Crippen MR) is 114 cm³/mol. The first-order valence-corrected chi connectivity index (χ1v) is 9.26. The Balaban J connectivity index is 1.86. The summed E-state index contributed by atoms with van der Waals surface area (Å²) >= 11 is 5.04. The lowest BCUT2D eigenvalue weighted by atomic mass is 10.1. The van der Waals surface area contributed by atoms with Crippen LogP contribution in [0.2, 0.25) is 0 Å². The number of nitro groups is 1. The van der Waals surface area contributed by atoms with E-state index in [4.69, 9.17) is 17.0 Å². The van der Waals surface area contributed by atoms with Gasteiger partial charge in [-0.1, -0.05) is 36.4 Å². The number of nitrogens with one attached hydrogen (secondary N) is 1. The molecule has 3 rings (SSSR count). The monoisotopic (exact) mass is 423 g/mol. The molecule has 1 aliphatic heterocycles. The molecule has 0 saturated carbocycles. The topological polar surface area (TPSA) is 102 Å². The maximum absolute atomic E-state index is 12.7. The molecule has 1 N–H and O–H groups in total. The molecular weight excluding hydrogens is 406 g/mol. The van der Waals surface area contributed by atoms with Gasteiger partial charge in [-0.25, -0.2) is 0 Å². The molecule has 8 nitrogen and oxygen atoms in total. The van der Waals surface area contributed by atoms with Gasteiger partial charge in [0, 0.05) is 24.2 Å². The highest BCUT2D eigenvalue weighted by Gasteiger charge is 2.32. The van der Waals surface area contributed by atoms with Crippen molar-refractivity contribution in [2.75, 3.05) is 6.54 Å². The smallest absolute Gasteiger partial charge is 0.269 e. The van der Waals surface area contributed by atoms with E-state index in [0.29, 0.717) is 16.9 Å². The van der Waals surface area contributed by atoms with E-state index in [1.165, 1.54) is 29.2 Å². The molecule has 152 valence electrons. The van der Waals surface area contributed by atoms with E-state index in [0.717, 1.165) is 0 Å². The summed E-state index contributed by atoms with van der Waals surface area (Å²) < 4.78 is 5.80. The fourth-order valence-corrected chi connectivity index (χ4v) is 3.05. The average Bonchev–Trinajstić information content (AvgIpc) is 2.73. The third-order valence-electron chi connectivity index (χ3n) is 4.23. The summed E-state index contributed by atoms with van der Waals surface area (Å²) in [5, 5.41) is 13.4. The van der Waals surface area contributed by atoms with Crippen molar-refractivity contribution in [1.29, 1.82) is 0 Å². The minimum atomic E-state index is -0.598. The summed E-state index contributed by atoms with van der Waals surface area (Å²) in [4.78, 5) is 36.7. The van der Waals surface area contributed by atoms with E-state index in [1.807, 2.05) is 0 Å².